The lowest BCUT2D eigenvalue weighted by molar-refractivity contribution is -0.142. The number of halogens is 2. The molecule has 4 aromatic carbocycles. The second-order valence-electron chi connectivity index (χ2n) is 22.6. The molecule has 0 radical (unpaired) electrons. The fraction of sp³-hybridized carbons (Fsp3) is 0.410. The van der Waals surface area contributed by atoms with Crippen LogP contribution in [0.5, 0.6) is 11.8 Å². The van der Waals surface area contributed by atoms with Crippen LogP contribution in [0.1, 0.15) is 99.0 Å². The number of hydrogen-bond acceptors (Lipinski definition) is 14. The van der Waals surface area contributed by atoms with Crippen molar-refractivity contribution in [2.24, 2.45) is 5.92 Å². The van der Waals surface area contributed by atoms with Gasteiger partial charge in [-0.3, -0.25) is 19.7 Å². The zero-order valence-electron chi connectivity index (χ0n) is 45.4. The number of rotatable bonds is 17. The van der Waals surface area contributed by atoms with Crippen molar-refractivity contribution < 1.29 is 33.3 Å². The van der Waals surface area contributed by atoms with E-state index in [0.717, 1.165) is 101 Å². The molecule has 5 fully saturated rings. The number of anilines is 1. The number of amides is 2. The molecule has 1 aliphatic carbocycles. The van der Waals surface area contributed by atoms with E-state index < -0.39 is 18.1 Å². The van der Waals surface area contributed by atoms with E-state index in [1.54, 1.807) is 40.4 Å². The van der Waals surface area contributed by atoms with Crippen molar-refractivity contribution in [1.29, 1.82) is 0 Å². The lowest BCUT2D eigenvalue weighted by Crippen LogP contribution is -2.50. The molecule has 18 nitrogen and oxygen atoms in total. The Hall–Kier alpha value is -7.58. The van der Waals surface area contributed by atoms with Crippen LogP contribution in [0.15, 0.2) is 91.5 Å². The molecule has 4 saturated heterocycles. The van der Waals surface area contributed by atoms with Gasteiger partial charge in [-0.2, -0.15) is 15.1 Å². The molecule has 2 bridgehead atoms. The topological polar surface area (TPSA) is 211 Å². The number of aliphatic hydroxyl groups excluding tert-OH is 1. The van der Waals surface area contributed by atoms with Crippen LogP contribution >= 0.6 is 11.6 Å². The van der Waals surface area contributed by atoms with Gasteiger partial charge in [-0.05, 0) is 96.9 Å². The normalized spacial score (nSPS) is 20.0. The van der Waals surface area contributed by atoms with E-state index in [4.69, 9.17) is 35.8 Å². The van der Waals surface area contributed by atoms with E-state index in [-0.39, 0.29) is 60.8 Å². The molecule has 418 valence electrons. The number of H-pyrrole nitrogens is 1. The van der Waals surface area contributed by atoms with Crippen molar-refractivity contribution >= 4 is 51.0 Å². The van der Waals surface area contributed by atoms with Crippen LogP contribution in [-0.4, -0.2) is 126 Å². The van der Waals surface area contributed by atoms with E-state index in [9.17, 15) is 14.7 Å². The van der Waals surface area contributed by atoms with Crippen LogP contribution < -0.4 is 25.0 Å². The summed E-state index contributed by atoms with van der Waals surface area (Å²) in [6, 6.07) is 19.6. The molecule has 5 aliphatic rings. The van der Waals surface area contributed by atoms with Gasteiger partial charge in [0.25, 0.3) is 0 Å². The first-order valence-electron chi connectivity index (χ1n) is 28.3. The Labute approximate surface area is 472 Å². The van der Waals surface area contributed by atoms with Gasteiger partial charge < -0.3 is 39.8 Å². The smallest absolute Gasteiger partial charge is 0.319 e. The quantitative estimate of drug-likeness (QED) is 0.0670. The lowest BCUT2D eigenvalue weighted by atomic mass is 9.88. The summed E-state index contributed by atoms with van der Waals surface area (Å²) in [7, 11) is 0. The van der Waals surface area contributed by atoms with Crippen LogP contribution in [-0.2, 0) is 20.9 Å². The first-order chi connectivity index (χ1) is 39.5. The number of likely N-dealkylation sites (tertiary alicyclic amines) is 1. The van der Waals surface area contributed by atoms with Crippen LogP contribution in [0.3, 0.4) is 0 Å². The summed E-state index contributed by atoms with van der Waals surface area (Å²) in [5, 5.41) is 35.8. The number of aromatic amines is 1. The van der Waals surface area contributed by atoms with Gasteiger partial charge in [-0.1, -0.05) is 79.2 Å². The number of fused-ring (bicyclic) bond motifs is 4. The Morgan fingerprint density at radius 1 is 0.963 bits per heavy atom. The summed E-state index contributed by atoms with van der Waals surface area (Å²) in [6.45, 7) is 8.83. The maximum absolute atomic E-state index is 16.2. The summed E-state index contributed by atoms with van der Waals surface area (Å²) in [5.41, 5.74) is 8.84. The average molecular weight is 1120 g/mol. The van der Waals surface area contributed by atoms with Gasteiger partial charge in [0.2, 0.25) is 11.8 Å². The summed E-state index contributed by atoms with van der Waals surface area (Å²) < 4.78 is 37.2. The second kappa shape index (κ2) is 22.1. The summed E-state index contributed by atoms with van der Waals surface area (Å²) >= 11 is 6.41. The fourth-order valence-electron chi connectivity index (χ4n) is 12.5. The highest BCUT2D eigenvalue weighted by molar-refractivity contribution is 6.33. The highest BCUT2D eigenvalue weighted by Crippen LogP contribution is 2.54. The highest BCUT2D eigenvalue weighted by atomic mass is 35.5. The first kappa shape index (κ1) is 52.8. The molecule has 20 heteroatoms. The number of aromatic nitrogens is 8. The third-order valence-electron chi connectivity index (χ3n) is 17.0. The average Bonchev–Trinajstić information content (AvgIpc) is 4.12. The number of pyridine rings is 1. The Morgan fingerprint density at radius 3 is 2.49 bits per heavy atom. The van der Waals surface area contributed by atoms with E-state index >= 15 is 4.39 Å². The van der Waals surface area contributed by atoms with E-state index in [1.165, 1.54) is 6.07 Å². The lowest BCUT2D eigenvalue weighted by Gasteiger charge is -2.31. The Balaban J connectivity index is 0.777. The van der Waals surface area contributed by atoms with Crippen molar-refractivity contribution in [2.75, 3.05) is 44.4 Å². The number of benzene rings is 4. The Kier molecular flexibility index (Phi) is 14.4. The number of aliphatic hydroxyl groups is 1. The van der Waals surface area contributed by atoms with Crippen LogP contribution in [0.4, 0.5) is 10.2 Å². The molecular formula is C61H64ClFN12O6. The van der Waals surface area contributed by atoms with Gasteiger partial charge in [0.1, 0.15) is 47.6 Å². The van der Waals surface area contributed by atoms with Gasteiger partial charge in [0.15, 0.2) is 5.75 Å². The van der Waals surface area contributed by atoms with E-state index in [0.29, 0.717) is 77.3 Å². The van der Waals surface area contributed by atoms with Gasteiger partial charge in [0.05, 0.1) is 48.8 Å². The van der Waals surface area contributed by atoms with Gasteiger partial charge >= 0.3 is 6.01 Å². The molecular weight excluding hydrogens is 1050 g/mol. The van der Waals surface area contributed by atoms with Gasteiger partial charge in [0, 0.05) is 90.0 Å². The Bertz CT molecular complexity index is 3660. The number of nitrogens with one attached hydrogen (secondary N) is 3. The Morgan fingerprint density at radius 2 is 1.77 bits per heavy atom. The number of nitrogens with zero attached hydrogens (tertiary/aromatic N) is 9. The maximum Gasteiger partial charge on any atom is 0.319 e. The summed E-state index contributed by atoms with van der Waals surface area (Å²) in [5.74, 6) is 0.485. The molecule has 0 spiro atoms. The third kappa shape index (κ3) is 10.2. The minimum atomic E-state index is -0.738. The number of piperazine rings is 1. The van der Waals surface area contributed by atoms with Crippen molar-refractivity contribution in [3.05, 3.63) is 125 Å². The van der Waals surface area contributed by atoms with Crippen LogP contribution in [0, 0.1) is 18.7 Å². The van der Waals surface area contributed by atoms with Crippen molar-refractivity contribution in [3.8, 4) is 45.3 Å². The number of carbonyl (C=O) groups is 2. The molecule has 13 rings (SSSR count). The summed E-state index contributed by atoms with van der Waals surface area (Å²) in [4.78, 5) is 47.3. The fourth-order valence-corrected chi connectivity index (χ4v) is 12.7. The SMILES string of the molecule is Cc1c(F)cc2[nH]ncc2c1-c1c(C2CC2)cc2c(N3CC4CC3CN4)nc(OC3CCOCC3)nc2c1OCc1ccc(-c2cn(C(C(=O)N3CCCC3C(=O)NC(CO)c3ccc(-c4cnccc4Cl)cc3)C(C)C)nn2)cc1. The minimum Gasteiger partial charge on any atom is -0.486 e. The van der Waals surface area contributed by atoms with Crippen molar-refractivity contribution in [2.45, 2.75) is 115 Å². The largest absolute Gasteiger partial charge is 0.486 e. The molecule has 81 heavy (non-hydrogen) atoms. The minimum absolute atomic E-state index is 0.109. The zero-order valence-corrected chi connectivity index (χ0v) is 46.2. The molecule has 2 amide bonds. The van der Waals surface area contributed by atoms with E-state index in [1.807, 2.05) is 69.3 Å². The predicted molar refractivity (Wildman–Crippen MR) is 304 cm³/mol. The third-order valence-corrected chi connectivity index (χ3v) is 17.3. The highest BCUT2D eigenvalue weighted by Gasteiger charge is 2.42. The van der Waals surface area contributed by atoms with Crippen LogP contribution in [0.2, 0.25) is 5.02 Å². The number of carbonyl (C=O) groups excluding carboxylic acids is 2. The molecule has 4 N–H and O–H groups in total. The van der Waals surface area contributed by atoms with Gasteiger partial charge in [-0.25, -0.2) is 9.07 Å². The molecule has 8 aromatic rings. The second-order valence-corrected chi connectivity index (χ2v) is 23.0. The molecule has 4 aliphatic heterocycles. The standard InChI is InChI=1S/C61H64ClFN12O6/c1-33(2)56(60(78)73-20-4-5-52(73)59(77)67-51(31-76)39-14-12-37(13-15-39)45-27-64-19-16-47(45)62)75-30-50(71-72-75)38-8-6-35(7-9-38)32-80-57-54(53-34(3)48(63)25-49-46(53)28-66-70-49)43(36-10-11-36)24-44-55(57)68-61(81-42-17-21-79-22-18-42)69-58(44)74-29-40-23-41(74)26-65-40/h6-9,12-16,19,24-25,27-28,30,33,36,40-42,51-52,56,65,76H,4-5,10-11,17-18,20-23,26,29,31-32H2,1-3H3,(H,66,70)(H,67,77). The monoisotopic (exact) mass is 1110 g/mol. The number of hydrogen-bond donors (Lipinski definition) is 4. The van der Waals surface area contributed by atoms with Crippen LogP contribution in [0.25, 0.3) is 55.3 Å². The molecule has 4 aromatic heterocycles. The first-order valence-corrected chi connectivity index (χ1v) is 28.7. The zero-order chi connectivity index (χ0) is 55.5. The van der Waals surface area contributed by atoms with Crippen molar-refractivity contribution in [1.82, 2.24) is 55.7 Å². The van der Waals surface area contributed by atoms with E-state index in [2.05, 4.69) is 47.1 Å². The molecule has 1 saturated carbocycles. The van der Waals surface area contributed by atoms with Gasteiger partial charge in [-0.15, -0.1) is 5.10 Å². The summed E-state index contributed by atoms with van der Waals surface area (Å²) in [6.07, 6.45) is 12.3. The van der Waals surface area contributed by atoms with Crippen molar-refractivity contribution in [3.63, 3.8) is 0 Å². The molecule has 8 heterocycles. The number of ether oxygens (including phenoxy) is 3. The maximum atomic E-state index is 16.2. The molecule has 5 unspecified atom stereocenters. The molecule has 5 atom stereocenters. The predicted octanol–water partition coefficient (Wildman–Crippen LogP) is 9.20.